The molecule has 0 aromatic heterocycles. The fourth-order valence-electron chi connectivity index (χ4n) is 2.73. The first kappa shape index (κ1) is 20.9. The van der Waals surface area contributed by atoms with Gasteiger partial charge < -0.3 is 15.0 Å². The van der Waals surface area contributed by atoms with Gasteiger partial charge >= 0.3 is 6.18 Å². The second kappa shape index (κ2) is 9.03. The highest BCUT2D eigenvalue weighted by Gasteiger charge is 2.29. The number of methoxy groups -OCH3 is 1. The van der Waals surface area contributed by atoms with Crippen molar-refractivity contribution in [1.82, 2.24) is 15.1 Å². The van der Waals surface area contributed by atoms with Crippen LogP contribution in [-0.2, 0) is 16.1 Å². The predicted octanol–water partition coefficient (Wildman–Crippen LogP) is 1.55. The molecule has 0 spiro atoms. The van der Waals surface area contributed by atoms with E-state index in [1.807, 2.05) is 4.90 Å². The summed E-state index contributed by atoms with van der Waals surface area (Å²) in [6, 6.07) is 4.69. The van der Waals surface area contributed by atoms with Crippen molar-refractivity contribution in [3.63, 3.8) is 0 Å². The zero-order valence-electron chi connectivity index (χ0n) is 14.8. The van der Waals surface area contributed by atoms with Crippen LogP contribution >= 0.6 is 0 Å². The molecule has 1 aromatic carbocycles. The van der Waals surface area contributed by atoms with Crippen molar-refractivity contribution in [2.45, 2.75) is 19.1 Å². The molecule has 2 amide bonds. The van der Waals surface area contributed by atoms with Crippen LogP contribution in [0.3, 0.4) is 0 Å². The Morgan fingerprint density at radius 1 is 1.19 bits per heavy atom. The minimum atomic E-state index is -4.51. The van der Waals surface area contributed by atoms with Crippen LogP contribution in [-0.4, -0.2) is 67.6 Å². The zero-order valence-corrected chi connectivity index (χ0v) is 14.8. The lowest BCUT2D eigenvalue weighted by Gasteiger charge is -2.34. The number of rotatable bonds is 6. The number of carbonyl (C=O) groups is 2. The van der Waals surface area contributed by atoms with Crippen molar-refractivity contribution < 1.29 is 31.9 Å². The van der Waals surface area contributed by atoms with Crippen molar-refractivity contribution >= 4 is 11.8 Å². The van der Waals surface area contributed by atoms with Crippen LogP contribution in [0, 0.1) is 5.82 Å². The molecule has 1 aromatic rings. The van der Waals surface area contributed by atoms with E-state index in [1.54, 1.807) is 17.4 Å². The van der Waals surface area contributed by atoms with Gasteiger partial charge in [0.25, 0.3) is 0 Å². The lowest BCUT2D eigenvalue weighted by atomic mass is 10.1. The number of carbonyl (C=O) groups excluding carboxylic acids is 2. The van der Waals surface area contributed by atoms with E-state index in [2.05, 4.69) is 0 Å². The summed E-state index contributed by atoms with van der Waals surface area (Å²) < 4.78 is 54.7. The summed E-state index contributed by atoms with van der Waals surface area (Å²) in [7, 11) is 1.39. The van der Waals surface area contributed by atoms with Crippen molar-refractivity contribution in [2.24, 2.45) is 0 Å². The summed E-state index contributed by atoms with van der Waals surface area (Å²) in [5.41, 5.74) is 0.764. The van der Waals surface area contributed by atoms with E-state index in [-0.39, 0.29) is 5.75 Å². The molecule has 0 unspecified atom stereocenters. The molecule has 1 aliphatic heterocycles. The Labute approximate surface area is 154 Å². The van der Waals surface area contributed by atoms with E-state index < -0.39 is 36.8 Å². The summed E-state index contributed by atoms with van der Waals surface area (Å²) in [5.74, 6) is -1.75. The minimum absolute atomic E-state index is 0.165. The van der Waals surface area contributed by atoms with E-state index in [4.69, 9.17) is 4.74 Å². The van der Waals surface area contributed by atoms with Crippen LogP contribution in [0.1, 0.15) is 12.0 Å². The highest BCUT2D eigenvalue weighted by Crippen LogP contribution is 2.19. The maximum Gasteiger partial charge on any atom is 0.405 e. The average Bonchev–Trinajstić information content (AvgIpc) is 2.60. The Bertz CT molecular complexity index is 674. The van der Waals surface area contributed by atoms with Crippen molar-refractivity contribution in [3.05, 3.63) is 29.6 Å². The molecule has 1 heterocycles. The Balaban J connectivity index is 1.76. The van der Waals surface area contributed by atoms with Gasteiger partial charge in [-0.25, -0.2) is 4.39 Å². The Hall–Kier alpha value is -2.36. The van der Waals surface area contributed by atoms with Gasteiger partial charge in [0.2, 0.25) is 11.8 Å². The molecule has 1 saturated heterocycles. The molecule has 0 saturated carbocycles. The van der Waals surface area contributed by atoms with Gasteiger partial charge in [0.05, 0.1) is 7.11 Å². The highest BCUT2D eigenvalue weighted by atomic mass is 19.4. The summed E-state index contributed by atoms with van der Waals surface area (Å²) in [5, 5.41) is 1.68. The normalized spacial score (nSPS) is 15.5. The van der Waals surface area contributed by atoms with Crippen LogP contribution in [0.5, 0.6) is 5.75 Å². The summed E-state index contributed by atoms with van der Waals surface area (Å²) in [6.07, 6.45) is -5.12. The highest BCUT2D eigenvalue weighted by molar-refractivity contribution is 5.96. The summed E-state index contributed by atoms with van der Waals surface area (Å²) in [6.45, 7) is 0.779. The molecule has 2 rings (SSSR count). The van der Waals surface area contributed by atoms with Gasteiger partial charge in [-0.3, -0.25) is 14.5 Å². The molecule has 1 fully saturated rings. The second-order valence-corrected chi connectivity index (χ2v) is 6.19. The molecule has 150 valence electrons. The molecule has 27 heavy (non-hydrogen) atoms. The van der Waals surface area contributed by atoms with Gasteiger partial charge in [-0.2, -0.15) is 13.2 Å². The average molecular weight is 391 g/mol. The monoisotopic (exact) mass is 391 g/mol. The van der Waals surface area contributed by atoms with Gasteiger partial charge in [0.1, 0.15) is 13.0 Å². The van der Waals surface area contributed by atoms with E-state index >= 15 is 0 Å². The Morgan fingerprint density at radius 3 is 2.41 bits per heavy atom. The van der Waals surface area contributed by atoms with E-state index in [1.165, 1.54) is 18.1 Å². The van der Waals surface area contributed by atoms with Gasteiger partial charge in [0, 0.05) is 32.7 Å². The fraction of sp³-hybridized carbons (Fsp3) is 0.529. The number of piperazine rings is 1. The molecule has 1 N–H and O–H groups in total. The second-order valence-electron chi connectivity index (χ2n) is 6.19. The predicted molar refractivity (Wildman–Crippen MR) is 88.5 cm³/mol. The number of nitrogens with one attached hydrogen (secondary N) is 1. The van der Waals surface area contributed by atoms with Crippen LogP contribution in [0.4, 0.5) is 17.6 Å². The summed E-state index contributed by atoms with van der Waals surface area (Å²) in [4.78, 5) is 26.9. The van der Waals surface area contributed by atoms with E-state index in [0.717, 1.165) is 5.56 Å². The maximum atomic E-state index is 13.7. The number of amides is 2. The molecule has 0 bridgehead atoms. The van der Waals surface area contributed by atoms with Gasteiger partial charge in [-0.05, 0) is 17.7 Å². The van der Waals surface area contributed by atoms with Gasteiger partial charge in [-0.1, -0.05) is 6.07 Å². The third kappa shape index (κ3) is 6.70. The van der Waals surface area contributed by atoms with Crippen molar-refractivity contribution in [1.29, 1.82) is 0 Å². The molecule has 0 atom stereocenters. The standard InChI is InChI=1S/C17H21F4N3O3/c1-27-14-3-2-12(8-13(14)18)10-23-4-6-24(7-5-23)16(26)9-15(25)22-11-17(19,20)21/h2-3,8H,4-7,9-11H2,1H3,(H,22,25). The van der Waals surface area contributed by atoms with Crippen LogP contribution in [0.2, 0.25) is 0 Å². The Kier molecular flexibility index (Phi) is 7.00. The number of nitrogens with zero attached hydrogens (tertiary/aromatic N) is 2. The molecule has 0 aliphatic carbocycles. The summed E-state index contributed by atoms with van der Waals surface area (Å²) >= 11 is 0. The van der Waals surface area contributed by atoms with Gasteiger partial charge in [0.15, 0.2) is 11.6 Å². The smallest absolute Gasteiger partial charge is 0.405 e. The SMILES string of the molecule is COc1ccc(CN2CCN(C(=O)CC(=O)NCC(F)(F)F)CC2)cc1F. The first-order valence-electron chi connectivity index (χ1n) is 8.34. The topological polar surface area (TPSA) is 61.9 Å². The lowest BCUT2D eigenvalue weighted by Crippen LogP contribution is -2.49. The fourth-order valence-corrected chi connectivity index (χ4v) is 2.73. The Morgan fingerprint density at radius 2 is 1.85 bits per heavy atom. The van der Waals surface area contributed by atoms with E-state index in [9.17, 15) is 27.2 Å². The van der Waals surface area contributed by atoms with Crippen molar-refractivity contribution in [3.8, 4) is 5.75 Å². The van der Waals surface area contributed by atoms with Crippen LogP contribution < -0.4 is 10.1 Å². The molecular formula is C17H21F4N3O3. The zero-order chi connectivity index (χ0) is 20.0. The molecule has 1 aliphatic rings. The molecular weight excluding hydrogens is 370 g/mol. The number of hydrogen-bond donors (Lipinski definition) is 1. The number of ether oxygens (including phenoxy) is 1. The first-order valence-corrected chi connectivity index (χ1v) is 8.34. The van der Waals surface area contributed by atoms with E-state index in [0.29, 0.717) is 32.7 Å². The first-order chi connectivity index (χ1) is 12.7. The van der Waals surface area contributed by atoms with Crippen LogP contribution in [0.25, 0.3) is 0 Å². The molecule has 0 radical (unpaired) electrons. The quantitative estimate of drug-likeness (QED) is 0.591. The maximum absolute atomic E-state index is 13.7. The van der Waals surface area contributed by atoms with Crippen molar-refractivity contribution in [2.75, 3.05) is 39.8 Å². The number of hydrogen-bond acceptors (Lipinski definition) is 4. The molecule has 6 nitrogen and oxygen atoms in total. The third-order valence-electron chi connectivity index (χ3n) is 4.15. The molecule has 10 heteroatoms. The lowest BCUT2D eigenvalue weighted by molar-refractivity contribution is -0.144. The third-order valence-corrected chi connectivity index (χ3v) is 4.15. The van der Waals surface area contributed by atoms with Crippen LogP contribution in [0.15, 0.2) is 18.2 Å². The number of benzene rings is 1. The van der Waals surface area contributed by atoms with Gasteiger partial charge in [-0.15, -0.1) is 0 Å². The number of halogens is 4. The largest absolute Gasteiger partial charge is 0.494 e. The minimum Gasteiger partial charge on any atom is -0.494 e. The number of alkyl halides is 3.